The summed E-state index contributed by atoms with van der Waals surface area (Å²) in [7, 11) is 3.95. The molecule has 0 aliphatic heterocycles. The van der Waals surface area contributed by atoms with E-state index in [1.54, 1.807) is 0 Å². The highest BCUT2D eigenvalue weighted by atomic mass is 35.5. The first-order valence-corrected chi connectivity index (χ1v) is 10.2. The van der Waals surface area contributed by atoms with Crippen molar-refractivity contribution in [2.45, 2.75) is 26.3 Å². The molecule has 7 heteroatoms. The van der Waals surface area contributed by atoms with Crippen molar-refractivity contribution in [2.24, 2.45) is 0 Å². The first-order chi connectivity index (χ1) is 13.9. The van der Waals surface area contributed by atoms with Gasteiger partial charge in [-0.2, -0.15) is 5.10 Å². The highest BCUT2D eigenvalue weighted by Crippen LogP contribution is 2.38. The summed E-state index contributed by atoms with van der Waals surface area (Å²) < 4.78 is 7.91. The van der Waals surface area contributed by atoms with Crippen molar-refractivity contribution in [1.29, 1.82) is 0 Å². The van der Waals surface area contributed by atoms with Crippen LogP contribution in [-0.2, 0) is 19.4 Å². The number of amides is 1. The van der Waals surface area contributed by atoms with Crippen molar-refractivity contribution >= 4 is 17.5 Å². The summed E-state index contributed by atoms with van der Waals surface area (Å²) in [4.78, 5) is 14.6. The molecule has 0 spiro atoms. The molecule has 6 nitrogen and oxygen atoms in total. The van der Waals surface area contributed by atoms with E-state index < -0.39 is 0 Å². The molecule has 3 aromatic rings. The van der Waals surface area contributed by atoms with Gasteiger partial charge in [0.25, 0.3) is 5.91 Å². The zero-order valence-electron chi connectivity index (χ0n) is 17.0. The lowest BCUT2D eigenvalue weighted by Gasteiger charge is -2.09. The number of hydrogen-bond acceptors (Lipinski definition) is 4. The van der Waals surface area contributed by atoms with Crippen molar-refractivity contribution in [3.63, 3.8) is 0 Å². The molecule has 0 bridgehead atoms. The Bertz CT molecular complexity index is 1030. The number of aryl methyl sites for hydroxylation is 2. The summed E-state index contributed by atoms with van der Waals surface area (Å²) in [6.45, 7) is 3.98. The van der Waals surface area contributed by atoms with Crippen molar-refractivity contribution in [3.05, 3.63) is 63.7 Å². The summed E-state index contributed by atoms with van der Waals surface area (Å²) in [6.07, 6.45) is 3.73. The van der Waals surface area contributed by atoms with Gasteiger partial charge in [0, 0.05) is 41.9 Å². The molecular formula is C22H25ClN4O2. The summed E-state index contributed by atoms with van der Waals surface area (Å²) in [5, 5.41) is 8.48. The quantitative estimate of drug-likeness (QED) is 0.672. The molecule has 2 aromatic heterocycles. The van der Waals surface area contributed by atoms with Crippen LogP contribution in [0.25, 0.3) is 11.3 Å². The van der Waals surface area contributed by atoms with E-state index in [4.69, 9.17) is 21.1 Å². The van der Waals surface area contributed by atoms with Crippen molar-refractivity contribution in [1.82, 2.24) is 20.0 Å². The average Bonchev–Trinajstić information content (AvgIpc) is 3.23. The lowest BCUT2D eigenvalue weighted by atomic mass is 9.93. The van der Waals surface area contributed by atoms with Crippen molar-refractivity contribution < 1.29 is 9.21 Å². The second-order valence-electron chi connectivity index (χ2n) is 7.74. The number of hydrogen-bond donors (Lipinski definition) is 1. The number of fused-ring (bicyclic) bond motifs is 3. The minimum absolute atomic E-state index is 0.166. The molecule has 1 aromatic carbocycles. The summed E-state index contributed by atoms with van der Waals surface area (Å²) in [5.41, 5.74) is 5.09. The summed E-state index contributed by atoms with van der Waals surface area (Å²) in [5.74, 6) is 1.08. The monoisotopic (exact) mass is 412 g/mol. The van der Waals surface area contributed by atoms with Crippen LogP contribution in [0, 0.1) is 6.92 Å². The van der Waals surface area contributed by atoms with Crippen LogP contribution in [0.4, 0.5) is 0 Å². The first-order valence-electron chi connectivity index (χ1n) is 9.78. The molecule has 0 atom stereocenters. The molecule has 0 fully saturated rings. The molecule has 2 heterocycles. The van der Waals surface area contributed by atoms with Gasteiger partial charge in [0.05, 0.1) is 12.2 Å². The van der Waals surface area contributed by atoms with E-state index in [1.165, 1.54) is 5.56 Å². The Kier molecular flexibility index (Phi) is 5.48. The first kappa shape index (κ1) is 19.7. The summed E-state index contributed by atoms with van der Waals surface area (Å²) in [6, 6.07) is 7.79. The smallest absolute Gasteiger partial charge is 0.287 e. The minimum Gasteiger partial charge on any atom is -0.455 e. The van der Waals surface area contributed by atoms with E-state index in [2.05, 4.69) is 11.5 Å². The Morgan fingerprint density at radius 2 is 2.03 bits per heavy atom. The van der Waals surface area contributed by atoms with Gasteiger partial charge in [-0.3, -0.25) is 9.48 Å². The standard InChI is InChI=1S/C22H25ClN4O2/c1-14-19-18(29-21(14)22(28)24-10-11-26(2)3)9-6-16-13-27(25-20(16)19)12-15-4-7-17(23)8-5-15/h4-5,7-8,13H,6,9-12H2,1-3H3,(H,24,28). The normalized spacial score (nSPS) is 12.7. The third-order valence-corrected chi connectivity index (χ3v) is 5.48. The number of aromatic nitrogens is 2. The van der Waals surface area contributed by atoms with E-state index in [9.17, 15) is 4.79 Å². The van der Waals surface area contributed by atoms with Gasteiger partial charge in [0.2, 0.25) is 0 Å². The van der Waals surface area contributed by atoms with Gasteiger partial charge in [0.1, 0.15) is 5.76 Å². The van der Waals surface area contributed by atoms with E-state index in [1.807, 2.05) is 54.9 Å². The fourth-order valence-corrected chi connectivity index (χ4v) is 3.84. The Morgan fingerprint density at radius 3 is 2.76 bits per heavy atom. The van der Waals surface area contributed by atoms with Gasteiger partial charge in [-0.1, -0.05) is 23.7 Å². The van der Waals surface area contributed by atoms with E-state index in [0.29, 0.717) is 18.8 Å². The largest absolute Gasteiger partial charge is 0.455 e. The van der Waals surface area contributed by atoms with Crippen LogP contribution < -0.4 is 5.32 Å². The maximum atomic E-state index is 12.6. The highest BCUT2D eigenvalue weighted by Gasteiger charge is 2.29. The van der Waals surface area contributed by atoms with Gasteiger partial charge >= 0.3 is 0 Å². The van der Waals surface area contributed by atoms with Crippen LogP contribution in [0.15, 0.2) is 34.9 Å². The molecule has 1 N–H and O–H groups in total. The van der Waals surface area contributed by atoms with Gasteiger partial charge in [0.15, 0.2) is 5.76 Å². The summed E-state index contributed by atoms with van der Waals surface area (Å²) >= 11 is 5.98. The number of rotatable bonds is 6. The maximum Gasteiger partial charge on any atom is 0.287 e. The molecule has 0 saturated heterocycles. The molecule has 1 aliphatic carbocycles. The van der Waals surface area contributed by atoms with Crippen LogP contribution in [0.2, 0.25) is 5.02 Å². The Hall–Kier alpha value is -2.57. The van der Waals surface area contributed by atoms with Crippen LogP contribution >= 0.6 is 11.6 Å². The molecule has 1 amide bonds. The number of benzene rings is 1. The van der Waals surface area contributed by atoms with Gasteiger partial charge < -0.3 is 14.6 Å². The number of carbonyl (C=O) groups is 1. The zero-order chi connectivity index (χ0) is 20.5. The molecule has 152 valence electrons. The molecule has 29 heavy (non-hydrogen) atoms. The van der Waals surface area contributed by atoms with Gasteiger partial charge in [-0.05, 0) is 50.7 Å². The zero-order valence-corrected chi connectivity index (χ0v) is 17.7. The van der Waals surface area contributed by atoms with Crippen LogP contribution in [-0.4, -0.2) is 47.8 Å². The fraction of sp³-hybridized carbons (Fsp3) is 0.364. The Morgan fingerprint density at radius 1 is 1.28 bits per heavy atom. The SMILES string of the molecule is Cc1c(C(=O)NCCN(C)C)oc2c1-c1nn(Cc3ccc(Cl)cc3)cc1CC2. The van der Waals surface area contributed by atoms with Crippen molar-refractivity contribution in [3.8, 4) is 11.3 Å². The molecule has 4 rings (SSSR count). The molecule has 0 radical (unpaired) electrons. The van der Waals surface area contributed by atoms with Crippen LogP contribution in [0.1, 0.15) is 33.0 Å². The van der Waals surface area contributed by atoms with E-state index in [-0.39, 0.29) is 5.91 Å². The number of carbonyl (C=O) groups excluding carboxylic acids is 1. The second-order valence-corrected chi connectivity index (χ2v) is 8.18. The van der Waals surface area contributed by atoms with E-state index >= 15 is 0 Å². The van der Waals surface area contributed by atoms with Crippen molar-refractivity contribution in [2.75, 3.05) is 27.2 Å². The van der Waals surface area contributed by atoms with Gasteiger partial charge in [-0.25, -0.2) is 0 Å². The highest BCUT2D eigenvalue weighted by molar-refractivity contribution is 6.30. The predicted molar refractivity (Wildman–Crippen MR) is 114 cm³/mol. The van der Waals surface area contributed by atoms with Crippen LogP contribution in [0.5, 0.6) is 0 Å². The molecule has 0 unspecified atom stereocenters. The average molecular weight is 413 g/mol. The minimum atomic E-state index is -0.166. The fourth-order valence-electron chi connectivity index (χ4n) is 3.71. The van der Waals surface area contributed by atoms with Crippen LogP contribution in [0.3, 0.4) is 0 Å². The van der Waals surface area contributed by atoms with Gasteiger partial charge in [-0.15, -0.1) is 0 Å². The number of nitrogens with one attached hydrogen (secondary N) is 1. The molecule has 0 saturated carbocycles. The number of furan rings is 1. The maximum absolute atomic E-state index is 12.6. The molecule has 1 aliphatic rings. The number of halogens is 1. The second kappa shape index (κ2) is 8.05. The van der Waals surface area contributed by atoms with E-state index in [0.717, 1.165) is 52.6 Å². The Labute approximate surface area is 175 Å². The predicted octanol–water partition coefficient (Wildman–Crippen LogP) is 3.54. The third-order valence-electron chi connectivity index (χ3n) is 5.22. The Balaban J connectivity index is 1.58. The third kappa shape index (κ3) is 4.09. The molecular weight excluding hydrogens is 388 g/mol. The number of nitrogens with zero attached hydrogens (tertiary/aromatic N) is 3. The topological polar surface area (TPSA) is 63.3 Å². The number of likely N-dealkylation sites (N-methyl/N-ethyl adjacent to an activating group) is 1. The lowest BCUT2D eigenvalue weighted by molar-refractivity contribution is 0.0920. The lowest BCUT2D eigenvalue weighted by Crippen LogP contribution is -2.31.